The number of nitrogens with zero attached hydrogens (tertiary/aromatic N) is 2. The van der Waals surface area contributed by atoms with Crippen molar-refractivity contribution in [3.05, 3.63) is 106 Å². The lowest BCUT2D eigenvalue weighted by Gasteiger charge is -2.07. The third-order valence-corrected chi connectivity index (χ3v) is 4.72. The molecule has 0 aliphatic carbocycles. The number of amidine groups is 2. The van der Waals surface area contributed by atoms with Gasteiger partial charge in [0.2, 0.25) is 0 Å². The molecule has 3 rings (SSSR count). The highest BCUT2D eigenvalue weighted by atomic mass is 16.6. The van der Waals surface area contributed by atoms with Gasteiger partial charge in [0.05, 0.1) is 0 Å². The van der Waals surface area contributed by atoms with E-state index in [9.17, 15) is 0 Å². The van der Waals surface area contributed by atoms with Gasteiger partial charge in [-0.3, -0.25) is 0 Å². The standard InChI is InChI=1S/C24H26N4O2/c1-29-27-23(25)21-11-7-19(8-12-21)15-17-3-5-18(6-4-17)16-20-9-13-22(14-10-20)24(26)28-30-2/h3-14H,15-16H2,1-2H3,(H2,25,27)(H2,26,28). The second-order valence-electron chi connectivity index (χ2n) is 6.88. The SMILES string of the molecule is CO/N=C(/N)c1ccc(Cc2ccc(Cc3ccc(/C(N)=N\OC)cc3)cc2)cc1. The Morgan fingerprint density at radius 1 is 0.567 bits per heavy atom. The predicted octanol–water partition coefficient (Wildman–Crippen LogP) is 3.40. The lowest BCUT2D eigenvalue weighted by molar-refractivity contribution is 0.213. The minimum atomic E-state index is 0.370. The molecule has 3 aromatic rings. The number of oxime groups is 2. The Bertz CT molecular complexity index is 924. The molecule has 0 spiro atoms. The van der Waals surface area contributed by atoms with Gasteiger partial charge in [-0.1, -0.05) is 83.1 Å². The summed E-state index contributed by atoms with van der Waals surface area (Å²) in [5.41, 5.74) is 18.3. The molecule has 0 amide bonds. The topological polar surface area (TPSA) is 95.2 Å². The summed E-state index contributed by atoms with van der Waals surface area (Å²) < 4.78 is 0. The average molecular weight is 402 g/mol. The molecule has 0 unspecified atom stereocenters. The number of hydrogen-bond acceptors (Lipinski definition) is 4. The normalized spacial score (nSPS) is 11.9. The molecule has 0 fully saturated rings. The molecule has 4 N–H and O–H groups in total. The molecule has 0 saturated heterocycles. The summed E-state index contributed by atoms with van der Waals surface area (Å²) in [6.07, 6.45) is 1.71. The summed E-state index contributed by atoms with van der Waals surface area (Å²) in [6.45, 7) is 0. The van der Waals surface area contributed by atoms with Crippen LogP contribution in [-0.2, 0) is 22.5 Å². The van der Waals surface area contributed by atoms with Crippen LogP contribution in [0.1, 0.15) is 33.4 Å². The van der Waals surface area contributed by atoms with E-state index in [4.69, 9.17) is 21.1 Å². The molecule has 0 bridgehead atoms. The molecule has 30 heavy (non-hydrogen) atoms. The van der Waals surface area contributed by atoms with E-state index in [0.717, 1.165) is 24.0 Å². The molecule has 0 aromatic heterocycles. The van der Waals surface area contributed by atoms with E-state index in [2.05, 4.69) is 58.8 Å². The van der Waals surface area contributed by atoms with Crippen LogP contribution in [0.2, 0.25) is 0 Å². The maximum absolute atomic E-state index is 5.83. The van der Waals surface area contributed by atoms with Crippen LogP contribution in [0.4, 0.5) is 0 Å². The number of nitrogens with two attached hydrogens (primary N) is 2. The first-order valence-electron chi connectivity index (χ1n) is 9.58. The Labute approximate surface area is 176 Å². The first-order chi connectivity index (χ1) is 14.6. The van der Waals surface area contributed by atoms with Gasteiger partial charge in [-0.15, -0.1) is 0 Å². The fraction of sp³-hybridized carbons (Fsp3) is 0.167. The summed E-state index contributed by atoms with van der Waals surface area (Å²) in [5.74, 6) is 0.741. The Morgan fingerprint density at radius 3 is 1.10 bits per heavy atom. The van der Waals surface area contributed by atoms with Crippen LogP contribution in [0.3, 0.4) is 0 Å². The van der Waals surface area contributed by atoms with Crippen molar-refractivity contribution in [1.29, 1.82) is 0 Å². The van der Waals surface area contributed by atoms with Gasteiger partial charge in [0.1, 0.15) is 14.2 Å². The Morgan fingerprint density at radius 2 is 0.833 bits per heavy atom. The van der Waals surface area contributed by atoms with Crippen molar-refractivity contribution < 1.29 is 9.68 Å². The third-order valence-electron chi connectivity index (χ3n) is 4.72. The van der Waals surface area contributed by atoms with E-state index in [-0.39, 0.29) is 0 Å². The maximum atomic E-state index is 5.83. The van der Waals surface area contributed by atoms with Crippen LogP contribution in [0, 0.1) is 0 Å². The minimum absolute atomic E-state index is 0.370. The highest BCUT2D eigenvalue weighted by Crippen LogP contribution is 2.15. The van der Waals surface area contributed by atoms with Crippen molar-refractivity contribution in [2.45, 2.75) is 12.8 Å². The van der Waals surface area contributed by atoms with E-state index >= 15 is 0 Å². The molecule has 3 aromatic carbocycles. The molecule has 0 saturated carbocycles. The van der Waals surface area contributed by atoms with Crippen molar-refractivity contribution in [3.8, 4) is 0 Å². The highest BCUT2D eigenvalue weighted by Gasteiger charge is 2.03. The van der Waals surface area contributed by atoms with E-state index in [1.54, 1.807) is 0 Å². The largest absolute Gasteiger partial charge is 0.397 e. The average Bonchev–Trinajstić information content (AvgIpc) is 2.76. The second-order valence-corrected chi connectivity index (χ2v) is 6.88. The lowest BCUT2D eigenvalue weighted by Crippen LogP contribution is -2.13. The minimum Gasteiger partial charge on any atom is -0.397 e. The molecular weight excluding hydrogens is 376 g/mol. The third kappa shape index (κ3) is 5.61. The smallest absolute Gasteiger partial charge is 0.170 e. The van der Waals surface area contributed by atoms with E-state index in [0.29, 0.717) is 11.7 Å². The Hall–Kier alpha value is -3.80. The lowest BCUT2D eigenvalue weighted by atomic mass is 9.99. The number of rotatable bonds is 8. The Kier molecular flexibility index (Phi) is 7.05. The van der Waals surface area contributed by atoms with Gasteiger partial charge in [0, 0.05) is 11.1 Å². The van der Waals surface area contributed by atoms with Crippen molar-refractivity contribution in [2.24, 2.45) is 21.8 Å². The van der Waals surface area contributed by atoms with Crippen LogP contribution in [-0.4, -0.2) is 25.9 Å². The van der Waals surface area contributed by atoms with Gasteiger partial charge >= 0.3 is 0 Å². The van der Waals surface area contributed by atoms with Crippen molar-refractivity contribution >= 4 is 11.7 Å². The predicted molar refractivity (Wildman–Crippen MR) is 120 cm³/mol. The fourth-order valence-corrected chi connectivity index (χ4v) is 3.14. The van der Waals surface area contributed by atoms with Crippen LogP contribution >= 0.6 is 0 Å². The number of benzene rings is 3. The highest BCUT2D eigenvalue weighted by molar-refractivity contribution is 5.97. The summed E-state index contributed by atoms with van der Waals surface area (Å²) in [6, 6.07) is 24.7. The number of hydrogen-bond donors (Lipinski definition) is 2. The maximum Gasteiger partial charge on any atom is 0.170 e. The zero-order valence-electron chi connectivity index (χ0n) is 17.2. The van der Waals surface area contributed by atoms with Gasteiger partial charge in [-0.25, -0.2) is 0 Å². The first-order valence-corrected chi connectivity index (χ1v) is 9.58. The van der Waals surface area contributed by atoms with E-state index in [1.807, 2.05) is 24.3 Å². The van der Waals surface area contributed by atoms with Crippen LogP contribution in [0.15, 0.2) is 83.1 Å². The first kappa shape index (κ1) is 20.9. The molecule has 0 radical (unpaired) electrons. The van der Waals surface area contributed by atoms with Crippen molar-refractivity contribution in [3.63, 3.8) is 0 Å². The van der Waals surface area contributed by atoms with Gasteiger partial charge in [0.15, 0.2) is 11.7 Å². The van der Waals surface area contributed by atoms with Crippen LogP contribution in [0.25, 0.3) is 0 Å². The molecule has 0 aliphatic rings. The van der Waals surface area contributed by atoms with E-state index < -0.39 is 0 Å². The molecule has 6 heteroatoms. The quantitative estimate of drug-likeness (QED) is 0.343. The zero-order valence-corrected chi connectivity index (χ0v) is 17.2. The second kappa shape index (κ2) is 10.1. The molecule has 0 heterocycles. The Balaban J connectivity index is 1.61. The molecule has 0 aliphatic heterocycles. The molecule has 6 nitrogen and oxygen atoms in total. The van der Waals surface area contributed by atoms with E-state index in [1.165, 1.54) is 36.5 Å². The summed E-state index contributed by atoms with van der Waals surface area (Å²) in [4.78, 5) is 9.42. The molecule has 0 atom stereocenters. The summed E-state index contributed by atoms with van der Waals surface area (Å²) >= 11 is 0. The molecule has 154 valence electrons. The van der Waals surface area contributed by atoms with Gasteiger partial charge < -0.3 is 21.1 Å². The van der Waals surface area contributed by atoms with Crippen LogP contribution in [0.5, 0.6) is 0 Å². The monoisotopic (exact) mass is 402 g/mol. The van der Waals surface area contributed by atoms with Gasteiger partial charge in [-0.05, 0) is 35.1 Å². The van der Waals surface area contributed by atoms with Crippen LogP contribution < -0.4 is 11.5 Å². The van der Waals surface area contributed by atoms with Gasteiger partial charge in [-0.2, -0.15) is 0 Å². The van der Waals surface area contributed by atoms with Crippen molar-refractivity contribution in [1.82, 2.24) is 0 Å². The fourth-order valence-electron chi connectivity index (χ4n) is 3.14. The summed E-state index contributed by atoms with van der Waals surface area (Å²) in [5, 5.41) is 7.50. The van der Waals surface area contributed by atoms with Crippen molar-refractivity contribution in [2.75, 3.05) is 14.2 Å². The summed E-state index contributed by atoms with van der Waals surface area (Å²) in [7, 11) is 2.96. The van der Waals surface area contributed by atoms with Gasteiger partial charge in [0.25, 0.3) is 0 Å². The zero-order chi connectivity index (χ0) is 21.3. The molecular formula is C24H26N4O2.